The Bertz CT molecular complexity index is 1330. The Hall–Kier alpha value is -4.30. The van der Waals surface area contributed by atoms with Gasteiger partial charge >= 0.3 is 0 Å². The summed E-state index contributed by atoms with van der Waals surface area (Å²) in [6.45, 7) is 2.20. The molecule has 0 radical (unpaired) electrons. The van der Waals surface area contributed by atoms with Crippen LogP contribution in [0, 0.1) is 12.7 Å². The van der Waals surface area contributed by atoms with Crippen molar-refractivity contribution < 1.29 is 18.7 Å². The number of amides is 2. The molecule has 8 heteroatoms. The third-order valence-electron chi connectivity index (χ3n) is 5.31. The SMILES string of the molecule is COCC(=O)Nc1cccc(CNC(=O)c2cn(-c3ccc(F)cc3)nc2-c2ccc(C)cc2)c1. The summed E-state index contributed by atoms with van der Waals surface area (Å²) in [6.07, 6.45) is 1.64. The first-order valence-electron chi connectivity index (χ1n) is 11.0. The number of carbonyl (C=O) groups excluding carboxylic acids is 2. The highest BCUT2D eigenvalue weighted by Gasteiger charge is 2.19. The van der Waals surface area contributed by atoms with Crippen LogP contribution in [0.15, 0.2) is 79.0 Å². The van der Waals surface area contributed by atoms with Crippen molar-refractivity contribution in [2.24, 2.45) is 0 Å². The summed E-state index contributed by atoms with van der Waals surface area (Å²) in [5.41, 5.74) is 4.87. The van der Waals surface area contributed by atoms with Crippen molar-refractivity contribution in [3.63, 3.8) is 0 Å². The van der Waals surface area contributed by atoms with Gasteiger partial charge in [0.15, 0.2) is 0 Å². The Morgan fingerprint density at radius 2 is 1.77 bits per heavy atom. The first-order chi connectivity index (χ1) is 16.9. The number of methoxy groups -OCH3 is 1. The number of halogens is 1. The van der Waals surface area contributed by atoms with Crippen molar-refractivity contribution in [1.82, 2.24) is 15.1 Å². The summed E-state index contributed by atoms with van der Waals surface area (Å²) in [6, 6.07) is 20.8. The third-order valence-corrected chi connectivity index (χ3v) is 5.31. The number of hydrogen-bond donors (Lipinski definition) is 2. The highest BCUT2D eigenvalue weighted by atomic mass is 19.1. The number of nitrogens with one attached hydrogen (secondary N) is 2. The maximum absolute atomic E-state index is 13.4. The summed E-state index contributed by atoms with van der Waals surface area (Å²) >= 11 is 0. The molecule has 0 saturated carbocycles. The van der Waals surface area contributed by atoms with Crippen LogP contribution >= 0.6 is 0 Å². The molecule has 7 nitrogen and oxygen atoms in total. The van der Waals surface area contributed by atoms with Crippen molar-refractivity contribution in [1.29, 1.82) is 0 Å². The minimum absolute atomic E-state index is 0.0409. The van der Waals surface area contributed by atoms with Crippen LogP contribution in [-0.4, -0.2) is 35.3 Å². The highest BCUT2D eigenvalue weighted by molar-refractivity contribution is 6.00. The lowest BCUT2D eigenvalue weighted by atomic mass is 10.1. The zero-order chi connectivity index (χ0) is 24.8. The van der Waals surface area contributed by atoms with E-state index in [4.69, 9.17) is 4.74 Å². The van der Waals surface area contributed by atoms with Crippen LogP contribution in [0.1, 0.15) is 21.5 Å². The first-order valence-corrected chi connectivity index (χ1v) is 11.0. The second kappa shape index (κ2) is 10.8. The maximum atomic E-state index is 13.4. The van der Waals surface area contributed by atoms with Gasteiger partial charge in [0.05, 0.1) is 11.3 Å². The molecule has 0 spiro atoms. The third kappa shape index (κ3) is 5.99. The van der Waals surface area contributed by atoms with Gasteiger partial charge in [0.25, 0.3) is 5.91 Å². The van der Waals surface area contributed by atoms with Crippen LogP contribution in [0.4, 0.5) is 10.1 Å². The number of aromatic nitrogens is 2. The van der Waals surface area contributed by atoms with Gasteiger partial charge in [-0.2, -0.15) is 5.10 Å². The van der Waals surface area contributed by atoms with Crippen molar-refractivity contribution in [2.75, 3.05) is 19.0 Å². The normalized spacial score (nSPS) is 10.7. The Balaban J connectivity index is 1.57. The van der Waals surface area contributed by atoms with Gasteiger partial charge in [-0.25, -0.2) is 9.07 Å². The van der Waals surface area contributed by atoms with Gasteiger partial charge in [0, 0.05) is 31.1 Å². The van der Waals surface area contributed by atoms with Crippen molar-refractivity contribution in [2.45, 2.75) is 13.5 Å². The van der Waals surface area contributed by atoms with E-state index in [1.54, 1.807) is 41.2 Å². The quantitative estimate of drug-likeness (QED) is 0.395. The largest absolute Gasteiger partial charge is 0.375 e. The summed E-state index contributed by atoms with van der Waals surface area (Å²) in [7, 11) is 1.45. The van der Waals surface area contributed by atoms with Gasteiger partial charge in [0.1, 0.15) is 18.1 Å². The van der Waals surface area contributed by atoms with E-state index in [2.05, 4.69) is 15.7 Å². The molecule has 4 aromatic rings. The fourth-order valence-corrected chi connectivity index (χ4v) is 3.56. The Morgan fingerprint density at radius 1 is 1.03 bits per heavy atom. The lowest BCUT2D eigenvalue weighted by Crippen LogP contribution is -2.23. The second-order valence-electron chi connectivity index (χ2n) is 8.04. The van der Waals surface area contributed by atoms with E-state index in [1.165, 1.54) is 19.2 Å². The van der Waals surface area contributed by atoms with Crippen molar-refractivity contribution >= 4 is 17.5 Å². The summed E-state index contributed by atoms with van der Waals surface area (Å²) < 4.78 is 19.8. The highest BCUT2D eigenvalue weighted by Crippen LogP contribution is 2.24. The molecule has 0 bridgehead atoms. The zero-order valence-electron chi connectivity index (χ0n) is 19.4. The first kappa shape index (κ1) is 23.8. The van der Waals surface area contributed by atoms with E-state index in [9.17, 15) is 14.0 Å². The average Bonchev–Trinajstić information content (AvgIpc) is 3.29. The standard InChI is InChI=1S/C27H25FN4O3/c1-18-6-8-20(9-7-18)26-24(16-32(31-26)23-12-10-21(28)11-13-23)27(34)29-15-19-4-3-5-22(14-19)30-25(33)17-35-2/h3-14,16H,15,17H2,1-2H3,(H,29,34)(H,30,33). The van der Waals surface area contributed by atoms with E-state index < -0.39 is 0 Å². The number of nitrogens with zero attached hydrogens (tertiary/aromatic N) is 2. The Kier molecular flexibility index (Phi) is 7.32. The number of carbonyl (C=O) groups is 2. The lowest BCUT2D eigenvalue weighted by Gasteiger charge is -2.09. The van der Waals surface area contributed by atoms with E-state index in [0.717, 1.165) is 16.7 Å². The van der Waals surface area contributed by atoms with Crippen molar-refractivity contribution in [3.8, 4) is 16.9 Å². The van der Waals surface area contributed by atoms with Crippen LogP contribution in [0.2, 0.25) is 0 Å². The van der Waals surface area contributed by atoms with Crippen molar-refractivity contribution in [3.05, 3.63) is 102 Å². The molecule has 0 fully saturated rings. The summed E-state index contributed by atoms with van der Waals surface area (Å²) in [5, 5.41) is 10.3. The molecule has 3 aromatic carbocycles. The molecule has 1 aromatic heterocycles. The topological polar surface area (TPSA) is 85.3 Å². The van der Waals surface area contributed by atoms with Gasteiger partial charge in [-0.05, 0) is 48.9 Å². The number of aryl methyl sites for hydroxylation is 1. The molecule has 0 saturated heterocycles. The molecule has 0 aliphatic carbocycles. The molecule has 0 aliphatic rings. The fourth-order valence-electron chi connectivity index (χ4n) is 3.56. The summed E-state index contributed by atoms with van der Waals surface area (Å²) in [4.78, 5) is 25.0. The number of ether oxygens (including phenoxy) is 1. The molecule has 0 atom stereocenters. The number of hydrogen-bond acceptors (Lipinski definition) is 4. The van der Waals surface area contributed by atoms with Gasteiger partial charge < -0.3 is 15.4 Å². The Labute approximate surface area is 202 Å². The average molecular weight is 473 g/mol. The van der Waals surface area contributed by atoms with Gasteiger partial charge in [-0.1, -0.05) is 42.0 Å². The Morgan fingerprint density at radius 3 is 2.49 bits per heavy atom. The molecule has 35 heavy (non-hydrogen) atoms. The molecule has 178 valence electrons. The van der Waals surface area contributed by atoms with E-state index >= 15 is 0 Å². The molecular formula is C27H25FN4O3. The second-order valence-corrected chi connectivity index (χ2v) is 8.04. The molecule has 0 aliphatic heterocycles. The molecular weight excluding hydrogens is 447 g/mol. The van der Waals surface area contributed by atoms with Crippen LogP contribution < -0.4 is 10.6 Å². The molecule has 1 heterocycles. The van der Waals surface area contributed by atoms with E-state index in [1.807, 2.05) is 37.3 Å². The number of rotatable bonds is 8. The smallest absolute Gasteiger partial charge is 0.255 e. The minimum Gasteiger partial charge on any atom is -0.375 e. The van der Waals surface area contributed by atoms with Gasteiger partial charge in [-0.15, -0.1) is 0 Å². The summed E-state index contributed by atoms with van der Waals surface area (Å²) in [5.74, 6) is -0.911. The minimum atomic E-state index is -0.349. The molecule has 0 unspecified atom stereocenters. The fraction of sp³-hybridized carbons (Fsp3) is 0.148. The number of anilines is 1. The predicted molar refractivity (Wildman–Crippen MR) is 132 cm³/mol. The van der Waals surface area contributed by atoms with E-state index in [-0.39, 0.29) is 30.8 Å². The monoisotopic (exact) mass is 472 g/mol. The van der Waals surface area contributed by atoms with Gasteiger partial charge in [0.2, 0.25) is 5.91 Å². The lowest BCUT2D eigenvalue weighted by molar-refractivity contribution is -0.119. The van der Waals surface area contributed by atoms with Crippen LogP contribution in [0.3, 0.4) is 0 Å². The molecule has 2 amide bonds. The number of benzene rings is 3. The predicted octanol–water partition coefficient (Wildman–Crippen LogP) is 4.50. The van der Waals surface area contributed by atoms with E-state index in [0.29, 0.717) is 22.6 Å². The van der Waals surface area contributed by atoms with Crippen LogP contribution in [0.5, 0.6) is 0 Å². The maximum Gasteiger partial charge on any atom is 0.255 e. The van der Waals surface area contributed by atoms with Gasteiger partial charge in [-0.3, -0.25) is 9.59 Å². The zero-order valence-corrected chi connectivity index (χ0v) is 19.4. The molecule has 4 rings (SSSR count). The van der Waals surface area contributed by atoms with Crippen LogP contribution in [0.25, 0.3) is 16.9 Å². The van der Waals surface area contributed by atoms with Crippen LogP contribution in [-0.2, 0) is 16.1 Å². The molecule has 2 N–H and O–H groups in total.